The average molecular weight is 450 g/mol. The summed E-state index contributed by atoms with van der Waals surface area (Å²) in [5, 5.41) is 5.07. The Morgan fingerprint density at radius 2 is 1.83 bits per heavy atom. The van der Waals surface area contributed by atoms with Crippen LogP contribution in [0.5, 0.6) is 0 Å². The molecule has 1 saturated heterocycles. The number of sulfone groups is 1. The summed E-state index contributed by atoms with van der Waals surface area (Å²) in [6, 6.07) is 16.3. The summed E-state index contributed by atoms with van der Waals surface area (Å²) in [5.74, 6) is 0.925. The Morgan fingerprint density at radius 3 is 2.55 bits per heavy atom. The minimum atomic E-state index is -3.50. The smallest absolute Gasteiger partial charge is 0.184 e. The van der Waals surface area contributed by atoms with Gasteiger partial charge < -0.3 is 4.90 Å². The monoisotopic (exact) mass is 449 g/mol. The highest BCUT2D eigenvalue weighted by atomic mass is 35.5. The van der Waals surface area contributed by atoms with Crippen LogP contribution in [0.25, 0.3) is 0 Å². The van der Waals surface area contributed by atoms with E-state index < -0.39 is 15.1 Å². The molecule has 2 aromatic carbocycles. The van der Waals surface area contributed by atoms with Crippen molar-refractivity contribution in [3.8, 4) is 0 Å². The van der Waals surface area contributed by atoms with Crippen molar-refractivity contribution in [3.05, 3.63) is 75.9 Å². The largest absolute Gasteiger partial charge is 0.355 e. The number of nitrogens with zero attached hydrogens (tertiary/aromatic N) is 3. The van der Waals surface area contributed by atoms with Gasteiger partial charge in [0.15, 0.2) is 9.84 Å². The van der Waals surface area contributed by atoms with Crippen LogP contribution in [0.15, 0.2) is 59.5 Å². The first-order chi connectivity index (χ1) is 13.8. The molecule has 0 saturated carbocycles. The lowest BCUT2D eigenvalue weighted by atomic mass is 10.2. The number of anilines is 1. The fourth-order valence-electron chi connectivity index (χ4n) is 3.71. The lowest BCUT2D eigenvalue weighted by Gasteiger charge is -2.20. The number of aryl methyl sites for hydroxylation is 1. The third-order valence-corrected chi connectivity index (χ3v) is 8.10. The van der Waals surface area contributed by atoms with Crippen LogP contribution in [-0.2, 0) is 16.4 Å². The first-order valence-corrected chi connectivity index (χ1v) is 11.7. The Labute approximate surface area is 180 Å². The zero-order valence-electron chi connectivity index (χ0n) is 15.9. The molecule has 1 aromatic heterocycles. The molecule has 3 aromatic rings. The second-order valence-corrected chi connectivity index (χ2v) is 10.3. The molecule has 2 heterocycles. The van der Waals surface area contributed by atoms with Crippen molar-refractivity contribution in [3.63, 3.8) is 0 Å². The summed E-state index contributed by atoms with van der Waals surface area (Å²) < 4.78 is 28.1. The molecule has 1 aliphatic rings. The SMILES string of the molecule is Cc1cc(N2CCC(S(=O)(=O)c3ccccc3Cl)C2)n(Cc2ccc(Cl)cc2)n1. The van der Waals surface area contributed by atoms with E-state index in [1.54, 1.807) is 24.3 Å². The Balaban J connectivity index is 1.57. The maximum Gasteiger partial charge on any atom is 0.184 e. The van der Waals surface area contributed by atoms with E-state index in [1.165, 1.54) is 0 Å². The summed E-state index contributed by atoms with van der Waals surface area (Å²) in [7, 11) is -3.50. The van der Waals surface area contributed by atoms with E-state index in [9.17, 15) is 8.42 Å². The van der Waals surface area contributed by atoms with Crippen molar-refractivity contribution in [1.82, 2.24) is 9.78 Å². The standard InChI is InChI=1S/C21H21Cl2N3O2S/c1-15-12-21(26(24-15)13-16-6-8-17(22)9-7-16)25-11-10-18(14-25)29(27,28)20-5-3-2-4-19(20)23/h2-9,12,18H,10-11,13-14H2,1H3. The van der Waals surface area contributed by atoms with Gasteiger partial charge >= 0.3 is 0 Å². The van der Waals surface area contributed by atoms with Crippen LogP contribution >= 0.6 is 23.2 Å². The topological polar surface area (TPSA) is 55.2 Å². The fourth-order valence-corrected chi connectivity index (χ4v) is 6.05. The first-order valence-electron chi connectivity index (χ1n) is 9.37. The molecule has 0 spiro atoms. The van der Waals surface area contributed by atoms with E-state index in [2.05, 4.69) is 10.00 Å². The van der Waals surface area contributed by atoms with Gasteiger partial charge in [-0.1, -0.05) is 47.5 Å². The first kappa shape index (κ1) is 20.3. The van der Waals surface area contributed by atoms with Crippen molar-refractivity contribution in [2.24, 2.45) is 0 Å². The van der Waals surface area contributed by atoms with Crippen molar-refractivity contribution in [2.75, 3.05) is 18.0 Å². The van der Waals surface area contributed by atoms with Gasteiger partial charge in [0.1, 0.15) is 5.82 Å². The minimum absolute atomic E-state index is 0.208. The third-order valence-electron chi connectivity index (χ3n) is 5.18. The van der Waals surface area contributed by atoms with Gasteiger partial charge in [-0.3, -0.25) is 0 Å². The summed E-state index contributed by atoms with van der Waals surface area (Å²) in [4.78, 5) is 2.30. The van der Waals surface area contributed by atoms with Crippen molar-refractivity contribution < 1.29 is 8.42 Å². The number of hydrogen-bond acceptors (Lipinski definition) is 4. The molecular formula is C21H21Cl2N3O2S. The van der Waals surface area contributed by atoms with Gasteiger partial charge in [-0.15, -0.1) is 0 Å². The van der Waals surface area contributed by atoms with Gasteiger partial charge in [0, 0.05) is 24.2 Å². The molecule has 0 N–H and O–H groups in total. The molecular weight excluding hydrogens is 429 g/mol. The van der Waals surface area contributed by atoms with E-state index in [4.69, 9.17) is 23.2 Å². The molecule has 0 aliphatic carbocycles. The van der Waals surface area contributed by atoms with Crippen LogP contribution in [0, 0.1) is 6.92 Å². The maximum atomic E-state index is 13.1. The molecule has 1 fully saturated rings. The van der Waals surface area contributed by atoms with Gasteiger partial charge in [-0.2, -0.15) is 5.10 Å². The third kappa shape index (κ3) is 4.15. The number of halogens is 2. The van der Waals surface area contributed by atoms with Crippen LogP contribution in [0.4, 0.5) is 5.82 Å². The van der Waals surface area contributed by atoms with Crippen molar-refractivity contribution in [1.29, 1.82) is 0 Å². The van der Waals surface area contributed by atoms with Crippen LogP contribution < -0.4 is 4.90 Å². The summed E-state index contributed by atoms with van der Waals surface area (Å²) in [6.45, 7) is 3.61. The Hall–Kier alpha value is -2.02. The molecule has 5 nitrogen and oxygen atoms in total. The zero-order valence-corrected chi connectivity index (χ0v) is 18.3. The van der Waals surface area contributed by atoms with E-state index in [0.717, 1.165) is 17.1 Å². The van der Waals surface area contributed by atoms with Crippen LogP contribution in [0.2, 0.25) is 10.0 Å². The van der Waals surface area contributed by atoms with E-state index in [1.807, 2.05) is 41.9 Å². The van der Waals surface area contributed by atoms with E-state index in [0.29, 0.717) is 31.1 Å². The highest BCUT2D eigenvalue weighted by Crippen LogP contribution is 2.31. The van der Waals surface area contributed by atoms with Gasteiger partial charge in [0.25, 0.3) is 0 Å². The lowest BCUT2D eigenvalue weighted by molar-refractivity contribution is 0.583. The molecule has 1 atom stereocenters. The van der Waals surface area contributed by atoms with Crippen LogP contribution in [0.1, 0.15) is 17.7 Å². The number of aromatic nitrogens is 2. The van der Waals surface area contributed by atoms with Gasteiger partial charge in [-0.05, 0) is 43.2 Å². The zero-order chi connectivity index (χ0) is 20.6. The second kappa shape index (κ2) is 8.01. The fraction of sp³-hybridized carbons (Fsp3) is 0.286. The molecule has 8 heteroatoms. The van der Waals surface area contributed by atoms with Gasteiger partial charge in [-0.25, -0.2) is 13.1 Å². The Kier molecular flexibility index (Phi) is 5.60. The summed E-state index contributed by atoms with van der Waals surface area (Å²) in [5.41, 5.74) is 1.98. The Bertz CT molecular complexity index is 1130. The predicted octanol–water partition coefficient (Wildman–Crippen LogP) is 4.60. The molecule has 29 heavy (non-hydrogen) atoms. The van der Waals surface area contributed by atoms with Crippen LogP contribution in [-0.4, -0.2) is 36.5 Å². The minimum Gasteiger partial charge on any atom is -0.355 e. The highest BCUT2D eigenvalue weighted by Gasteiger charge is 2.36. The average Bonchev–Trinajstić information content (AvgIpc) is 3.31. The normalized spacial score (nSPS) is 17.1. The highest BCUT2D eigenvalue weighted by molar-refractivity contribution is 7.92. The molecule has 1 unspecified atom stereocenters. The molecule has 0 bridgehead atoms. The van der Waals surface area contributed by atoms with Gasteiger partial charge in [0.2, 0.25) is 0 Å². The molecule has 0 amide bonds. The van der Waals surface area contributed by atoms with Crippen LogP contribution in [0.3, 0.4) is 0 Å². The van der Waals surface area contributed by atoms with E-state index >= 15 is 0 Å². The molecule has 1 aliphatic heterocycles. The molecule has 4 rings (SSSR count). The Morgan fingerprint density at radius 1 is 1.10 bits per heavy atom. The number of hydrogen-bond donors (Lipinski definition) is 0. The lowest BCUT2D eigenvalue weighted by Crippen LogP contribution is -2.28. The summed E-state index contributed by atoms with van der Waals surface area (Å²) in [6.07, 6.45) is 0.554. The van der Waals surface area contributed by atoms with Gasteiger partial charge in [0.05, 0.1) is 27.4 Å². The molecule has 152 valence electrons. The number of rotatable bonds is 5. The van der Waals surface area contributed by atoms with E-state index in [-0.39, 0.29) is 9.92 Å². The number of benzene rings is 2. The van der Waals surface area contributed by atoms with Crippen molar-refractivity contribution >= 4 is 38.9 Å². The predicted molar refractivity (Wildman–Crippen MR) is 117 cm³/mol. The van der Waals surface area contributed by atoms with Crippen molar-refractivity contribution in [2.45, 2.75) is 30.0 Å². The quantitative estimate of drug-likeness (QED) is 0.570. The molecule has 0 radical (unpaired) electrons. The maximum absolute atomic E-state index is 13.1. The summed E-state index contributed by atoms with van der Waals surface area (Å²) >= 11 is 12.1. The second-order valence-electron chi connectivity index (χ2n) is 7.26.